The van der Waals surface area contributed by atoms with Crippen LogP contribution in [0.15, 0.2) is 179 Å². The summed E-state index contributed by atoms with van der Waals surface area (Å²) in [6, 6.07) is 33.5. The molecule has 474 valence electrons. The number of carboxylic acid groups (broad SMARTS) is 3. The number of thioether (sulfide) groups is 3. The molecule has 23 heteroatoms. The van der Waals surface area contributed by atoms with E-state index in [2.05, 4.69) is 24.5 Å². The molecule has 6 rings (SSSR count). The Kier molecular flexibility index (Phi) is 27.0. The third kappa shape index (κ3) is 25.7. The summed E-state index contributed by atoms with van der Waals surface area (Å²) in [7, 11) is 0. The summed E-state index contributed by atoms with van der Waals surface area (Å²) >= 11 is 10.5. The van der Waals surface area contributed by atoms with Gasteiger partial charge in [0, 0.05) is 37.0 Å². The summed E-state index contributed by atoms with van der Waals surface area (Å²) < 4.78 is 112. The number of alkyl halides is 6. The van der Waals surface area contributed by atoms with Gasteiger partial charge in [0.2, 0.25) is 0 Å². The first-order valence-corrected chi connectivity index (χ1v) is 29.9. The molecule has 0 fully saturated rings. The number of aliphatic carboxylic acids is 3. The second kappa shape index (κ2) is 32.6. The molecular weight excluding hydrogens is 1230 g/mol. The Morgan fingerprint density at radius 2 is 0.705 bits per heavy atom. The summed E-state index contributed by atoms with van der Waals surface area (Å²) in [5.74, 6) is 1.47. The van der Waals surface area contributed by atoms with Gasteiger partial charge < -0.3 is 48.5 Å². The van der Waals surface area contributed by atoms with Crippen molar-refractivity contribution in [2.75, 3.05) is 37.1 Å². The molecule has 0 aliphatic rings. The molecule has 0 amide bonds. The fourth-order valence-corrected chi connectivity index (χ4v) is 9.44. The zero-order valence-corrected chi connectivity index (χ0v) is 53.0. The lowest BCUT2D eigenvalue weighted by Gasteiger charge is -2.23. The molecule has 6 aromatic rings. The largest absolute Gasteiger partial charge is 0.573 e. The SMILES string of the molecule is C=C(COc1ccc(C(F)(F)F)cc1)CSc1ccc(OC(C)(C)C(=O)O)c(C)c1.C=C(COc1ccc(Cl)cc1)CSc1ccc(OC(C)(C)C(=O)O)c(C)c1.C=C(COc1ccc(OC(F)(F)F)cc1)CSc1ccc(OC(C)(C)C(=O)O)c(C)c1. The van der Waals surface area contributed by atoms with Crippen LogP contribution in [-0.2, 0) is 20.6 Å². The molecule has 0 aliphatic carbocycles. The van der Waals surface area contributed by atoms with Gasteiger partial charge in [0.1, 0.15) is 60.1 Å². The molecule has 13 nitrogen and oxygen atoms in total. The minimum Gasteiger partial charge on any atom is -0.489 e. The monoisotopic (exact) mass is 1300 g/mol. The van der Waals surface area contributed by atoms with Crippen molar-refractivity contribution in [3.63, 3.8) is 0 Å². The lowest BCUT2D eigenvalue weighted by Crippen LogP contribution is -2.38. The second-order valence-electron chi connectivity index (χ2n) is 21.0. The molecule has 0 radical (unpaired) electrons. The standard InChI is InChI=1S/C22H23F3O5S.C22H23F3O4S.C21H23ClO4S/c1-14(12-28-16-5-7-17(8-6-16)29-22(23,24)25)13-31-18-9-10-19(15(2)11-18)30-21(3,4)20(26)27;1-14(12-28-17-7-5-16(6-8-17)22(23,24)25)13-30-18-9-10-19(15(2)11-18)29-21(3,4)20(26)27;1-14(12-25-17-7-5-16(22)6-8-17)13-27-18-9-10-19(15(2)11-18)26-21(3,4)20(23)24/h5-11H,1,12-13H2,2-4H3,(H,26,27);5-11H,1,12-13H2,2-4H3,(H,26,27);5-11H,1,12-13H2,2-4H3,(H,23,24). The molecule has 88 heavy (non-hydrogen) atoms. The van der Waals surface area contributed by atoms with Crippen molar-refractivity contribution in [2.45, 2.75) is 106 Å². The van der Waals surface area contributed by atoms with E-state index < -0.39 is 52.8 Å². The average molecular weight is 1300 g/mol. The van der Waals surface area contributed by atoms with E-state index in [0.29, 0.717) is 57.6 Å². The first-order valence-electron chi connectivity index (χ1n) is 26.6. The van der Waals surface area contributed by atoms with E-state index in [-0.39, 0.29) is 19.0 Å². The predicted octanol–water partition coefficient (Wildman–Crippen LogP) is 17.5. The lowest BCUT2D eigenvalue weighted by molar-refractivity contribution is -0.274. The zero-order valence-electron chi connectivity index (χ0n) is 49.8. The van der Waals surface area contributed by atoms with Crippen molar-refractivity contribution in [1.82, 2.24) is 0 Å². The first-order chi connectivity index (χ1) is 40.9. The quantitative estimate of drug-likeness (QED) is 0.0240. The summed E-state index contributed by atoms with van der Waals surface area (Å²) in [5, 5.41) is 28.2. The Morgan fingerprint density at radius 3 is 0.966 bits per heavy atom. The van der Waals surface area contributed by atoms with Crippen molar-refractivity contribution < 1.29 is 89.2 Å². The predicted molar refractivity (Wildman–Crippen MR) is 333 cm³/mol. The lowest BCUT2D eigenvalue weighted by atomic mass is 10.1. The summed E-state index contributed by atoms with van der Waals surface area (Å²) in [4.78, 5) is 36.6. The summed E-state index contributed by atoms with van der Waals surface area (Å²) in [5.41, 5.74) is 0.355. The fourth-order valence-electron chi connectivity index (χ4n) is 6.68. The van der Waals surface area contributed by atoms with E-state index in [4.69, 9.17) is 40.0 Å². The van der Waals surface area contributed by atoms with Gasteiger partial charge >= 0.3 is 30.4 Å². The Balaban J connectivity index is 0.000000283. The molecule has 3 N–H and O–H groups in total. The number of hydrogen-bond acceptors (Lipinski definition) is 13. The molecule has 0 bridgehead atoms. The second-order valence-corrected chi connectivity index (χ2v) is 24.6. The van der Waals surface area contributed by atoms with Gasteiger partial charge in [-0.2, -0.15) is 13.2 Å². The first kappa shape index (κ1) is 72.9. The summed E-state index contributed by atoms with van der Waals surface area (Å²) in [6.07, 6.45) is -9.11. The van der Waals surface area contributed by atoms with Crippen LogP contribution in [0.5, 0.6) is 40.2 Å². The van der Waals surface area contributed by atoms with Crippen LogP contribution < -0.4 is 33.2 Å². The van der Waals surface area contributed by atoms with E-state index >= 15 is 0 Å². The minimum atomic E-state index is -4.73. The number of aryl methyl sites for hydroxylation is 3. The number of carbonyl (C=O) groups is 3. The van der Waals surface area contributed by atoms with E-state index in [9.17, 15) is 56.0 Å². The van der Waals surface area contributed by atoms with Crippen molar-refractivity contribution in [3.8, 4) is 40.2 Å². The Labute approximate surface area is 526 Å². The highest BCUT2D eigenvalue weighted by Gasteiger charge is 2.33. The molecule has 0 spiro atoms. The number of hydrogen-bond donors (Lipinski definition) is 3. The highest BCUT2D eigenvalue weighted by atomic mass is 35.5. The molecule has 0 saturated heterocycles. The number of carboxylic acids is 3. The smallest absolute Gasteiger partial charge is 0.489 e. The third-order valence-electron chi connectivity index (χ3n) is 11.8. The van der Waals surface area contributed by atoms with Crippen molar-refractivity contribution in [2.24, 2.45) is 0 Å². The molecule has 0 unspecified atom stereocenters. The van der Waals surface area contributed by atoms with Gasteiger partial charge in [-0.25, -0.2) is 14.4 Å². The van der Waals surface area contributed by atoms with Crippen LogP contribution in [0.4, 0.5) is 26.3 Å². The van der Waals surface area contributed by atoms with Crippen LogP contribution in [0.2, 0.25) is 5.02 Å². The molecular formula is C65H69ClF6O13S3. The van der Waals surface area contributed by atoms with Gasteiger partial charge in [-0.3, -0.25) is 0 Å². The highest BCUT2D eigenvalue weighted by molar-refractivity contribution is 8.00. The normalized spacial score (nSPS) is 11.5. The maximum Gasteiger partial charge on any atom is 0.573 e. The maximum absolute atomic E-state index is 12.6. The van der Waals surface area contributed by atoms with Crippen LogP contribution in [-0.4, -0.2) is 93.5 Å². The Bertz CT molecular complexity index is 3350. The van der Waals surface area contributed by atoms with Crippen molar-refractivity contribution in [3.05, 3.63) is 191 Å². The van der Waals surface area contributed by atoms with E-state index in [1.54, 1.807) is 42.1 Å². The Morgan fingerprint density at radius 1 is 0.432 bits per heavy atom. The van der Waals surface area contributed by atoms with Crippen LogP contribution in [0.25, 0.3) is 0 Å². The fraction of sp³-hybridized carbons (Fsp3) is 0.308. The number of rotatable bonds is 28. The van der Waals surface area contributed by atoms with Gasteiger partial charge in [-0.1, -0.05) is 31.3 Å². The number of benzene rings is 6. The number of halogens is 7. The maximum atomic E-state index is 12.6. The van der Waals surface area contributed by atoms with Crippen LogP contribution in [0.3, 0.4) is 0 Å². The molecule has 0 atom stereocenters. The van der Waals surface area contributed by atoms with Gasteiger partial charge in [0.25, 0.3) is 0 Å². The van der Waals surface area contributed by atoms with Crippen LogP contribution in [0, 0.1) is 20.8 Å². The van der Waals surface area contributed by atoms with Gasteiger partial charge in [0.05, 0.1) is 5.56 Å². The van der Waals surface area contributed by atoms with Gasteiger partial charge in [-0.15, -0.1) is 48.5 Å². The van der Waals surface area contributed by atoms with Crippen molar-refractivity contribution in [1.29, 1.82) is 0 Å². The average Bonchev–Trinajstić information content (AvgIpc) is 3.65. The molecule has 0 aliphatic heterocycles. The topological polar surface area (TPSA) is 177 Å². The van der Waals surface area contributed by atoms with Gasteiger partial charge in [0.15, 0.2) is 16.8 Å². The number of ether oxygens (including phenoxy) is 7. The van der Waals surface area contributed by atoms with E-state index in [0.717, 1.165) is 66.0 Å². The molecule has 0 aromatic heterocycles. The molecule has 0 heterocycles. The van der Waals surface area contributed by atoms with Crippen LogP contribution >= 0.6 is 46.9 Å². The minimum absolute atomic E-state index is 0.186. The molecule has 0 saturated carbocycles. The van der Waals surface area contributed by atoms with Crippen molar-refractivity contribution >= 4 is 64.8 Å². The van der Waals surface area contributed by atoms with E-state index in [1.807, 2.05) is 69.3 Å². The Hall–Kier alpha value is -7.53. The van der Waals surface area contributed by atoms with E-state index in [1.165, 1.54) is 101 Å². The van der Waals surface area contributed by atoms with Crippen LogP contribution in [0.1, 0.15) is 63.8 Å². The van der Waals surface area contributed by atoms with Gasteiger partial charge in [-0.05, 0) is 223 Å². The highest BCUT2D eigenvalue weighted by Crippen LogP contribution is 2.34. The molecule has 6 aromatic carbocycles. The zero-order chi connectivity index (χ0) is 65.8. The third-order valence-corrected chi connectivity index (χ3v) is 15.5. The summed E-state index contributed by atoms with van der Waals surface area (Å²) in [6.45, 7) is 27.3.